The van der Waals surface area contributed by atoms with E-state index in [9.17, 15) is 16.8 Å². The number of nitrogens with two attached hydrogens (primary N) is 1. The van der Waals surface area contributed by atoms with Crippen LogP contribution in [0.25, 0.3) is 0 Å². The molecule has 0 saturated heterocycles. The molecule has 2 aromatic carbocycles. The largest absolute Gasteiger partial charge is 0.399 e. The van der Waals surface area contributed by atoms with Crippen molar-refractivity contribution in [3.63, 3.8) is 0 Å². The average molecular weight is 368 g/mol. The van der Waals surface area contributed by atoms with E-state index in [1.165, 1.54) is 52.8 Å². The molecule has 0 aliphatic heterocycles. The van der Waals surface area contributed by atoms with Gasteiger partial charge in [-0.2, -0.15) is 0 Å². The highest BCUT2D eigenvalue weighted by molar-refractivity contribution is 7.92. The highest BCUT2D eigenvalue weighted by atomic mass is 32.2. The molecular weight excluding hydrogens is 348 g/mol. The second-order valence-electron chi connectivity index (χ2n) is 5.72. The lowest BCUT2D eigenvalue weighted by molar-refractivity contribution is 0.590. The molecule has 6 nitrogen and oxygen atoms in total. The van der Waals surface area contributed by atoms with Gasteiger partial charge < -0.3 is 5.73 Å². The first kappa shape index (κ1) is 18.3. The van der Waals surface area contributed by atoms with E-state index in [1.54, 1.807) is 13.8 Å². The summed E-state index contributed by atoms with van der Waals surface area (Å²) in [7, 11) is -7.13. The number of anilines is 2. The molecule has 0 fully saturated rings. The molecule has 0 saturated carbocycles. The lowest BCUT2D eigenvalue weighted by Gasteiger charge is -2.26. The Morgan fingerprint density at radius 3 is 1.62 bits per heavy atom. The molecule has 130 valence electrons. The third-order valence-electron chi connectivity index (χ3n) is 3.42. The summed E-state index contributed by atoms with van der Waals surface area (Å²) in [6.45, 7) is 3.50. The summed E-state index contributed by atoms with van der Waals surface area (Å²) >= 11 is 0. The predicted molar refractivity (Wildman–Crippen MR) is 95.2 cm³/mol. The van der Waals surface area contributed by atoms with E-state index in [1.807, 2.05) is 0 Å². The Balaban J connectivity index is 2.44. The lowest BCUT2D eigenvalue weighted by Crippen LogP contribution is -2.36. The molecule has 0 amide bonds. The number of hydrogen-bond donors (Lipinski definition) is 1. The van der Waals surface area contributed by atoms with Crippen LogP contribution in [0.15, 0.2) is 58.3 Å². The van der Waals surface area contributed by atoms with E-state index in [0.717, 1.165) is 6.26 Å². The molecule has 0 radical (unpaired) electrons. The van der Waals surface area contributed by atoms with Crippen molar-refractivity contribution >= 4 is 31.2 Å². The monoisotopic (exact) mass is 368 g/mol. The number of sulfonamides is 1. The van der Waals surface area contributed by atoms with Crippen molar-refractivity contribution in [1.82, 2.24) is 0 Å². The van der Waals surface area contributed by atoms with Crippen LogP contribution in [0.5, 0.6) is 0 Å². The van der Waals surface area contributed by atoms with E-state index in [0.29, 0.717) is 11.4 Å². The van der Waals surface area contributed by atoms with Gasteiger partial charge in [0, 0.05) is 11.7 Å². The van der Waals surface area contributed by atoms with Crippen molar-refractivity contribution in [2.24, 2.45) is 0 Å². The van der Waals surface area contributed by atoms with Gasteiger partial charge in [0.25, 0.3) is 0 Å². The highest BCUT2D eigenvalue weighted by Crippen LogP contribution is 2.26. The van der Waals surface area contributed by atoms with Gasteiger partial charge in [-0.15, -0.1) is 0 Å². The van der Waals surface area contributed by atoms with Gasteiger partial charge in [-0.25, -0.2) is 16.8 Å². The second kappa shape index (κ2) is 6.45. The smallest absolute Gasteiger partial charge is 0.232 e. The molecule has 0 unspecified atom stereocenters. The van der Waals surface area contributed by atoms with Crippen LogP contribution in [0.1, 0.15) is 13.8 Å². The van der Waals surface area contributed by atoms with Crippen molar-refractivity contribution in [2.45, 2.75) is 29.7 Å². The van der Waals surface area contributed by atoms with Crippen LogP contribution in [0.2, 0.25) is 0 Å². The van der Waals surface area contributed by atoms with Gasteiger partial charge in [0.2, 0.25) is 19.9 Å². The number of hydrogen-bond acceptors (Lipinski definition) is 5. The molecule has 0 atom stereocenters. The highest BCUT2D eigenvalue weighted by Gasteiger charge is 2.22. The molecule has 0 aliphatic rings. The van der Waals surface area contributed by atoms with Gasteiger partial charge in [0.15, 0.2) is 0 Å². The van der Waals surface area contributed by atoms with E-state index < -0.39 is 19.9 Å². The standard InChI is InChI=1S/C16H20N2O4S2/c1-12(2)18(23(3,19)20)14-6-10-16(11-7-14)24(21,22)15-8-4-13(17)5-9-15/h4-12H,17H2,1-3H3. The van der Waals surface area contributed by atoms with Gasteiger partial charge in [0.1, 0.15) is 0 Å². The van der Waals surface area contributed by atoms with Crippen LogP contribution in [0, 0.1) is 0 Å². The van der Waals surface area contributed by atoms with Gasteiger partial charge in [-0.1, -0.05) is 0 Å². The topological polar surface area (TPSA) is 97.5 Å². The number of rotatable bonds is 5. The zero-order chi connectivity index (χ0) is 18.1. The van der Waals surface area contributed by atoms with Crippen molar-refractivity contribution in [2.75, 3.05) is 16.3 Å². The molecule has 0 spiro atoms. The number of benzene rings is 2. The quantitative estimate of drug-likeness (QED) is 0.817. The Hall–Kier alpha value is -2.06. The first-order chi connectivity index (χ1) is 11.0. The lowest BCUT2D eigenvalue weighted by atomic mass is 10.3. The van der Waals surface area contributed by atoms with Crippen LogP contribution in [-0.4, -0.2) is 29.1 Å². The normalized spacial score (nSPS) is 12.3. The second-order valence-corrected chi connectivity index (χ2v) is 9.53. The average Bonchev–Trinajstić information content (AvgIpc) is 2.46. The summed E-state index contributed by atoms with van der Waals surface area (Å²) in [5, 5.41) is 0. The molecule has 0 aromatic heterocycles. The molecule has 2 rings (SSSR count). The third-order valence-corrected chi connectivity index (χ3v) is 6.55. The Labute approximate surface area is 142 Å². The minimum absolute atomic E-state index is 0.0910. The van der Waals surface area contributed by atoms with E-state index in [-0.39, 0.29) is 15.8 Å². The van der Waals surface area contributed by atoms with Crippen LogP contribution in [0.4, 0.5) is 11.4 Å². The zero-order valence-electron chi connectivity index (χ0n) is 13.7. The Morgan fingerprint density at radius 2 is 1.25 bits per heavy atom. The van der Waals surface area contributed by atoms with E-state index >= 15 is 0 Å². The maximum atomic E-state index is 12.6. The molecule has 8 heteroatoms. The molecule has 0 heterocycles. The fourth-order valence-electron chi connectivity index (χ4n) is 2.43. The maximum absolute atomic E-state index is 12.6. The minimum Gasteiger partial charge on any atom is -0.399 e. The molecule has 0 aliphatic carbocycles. The Bertz CT molecular complexity index is 917. The van der Waals surface area contributed by atoms with Crippen LogP contribution in [0.3, 0.4) is 0 Å². The number of nitrogen functional groups attached to an aromatic ring is 1. The van der Waals surface area contributed by atoms with E-state index in [4.69, 9.17) is 5.73 Å². The third kappa shape index (κ3) is 3.70. The maximum Gasteiger partial charge on any atom is 0.232 e. The van der Waals surface area contributed by atoms with E-state index in [2.05, 4.69) is 0 Å². The SMILES string of the molecule is CC(C)N(c1ccc(S(=O)(=O)c2ccc(N)cc2)cc1)S(C)(=O)=O. The fourth-order valence-corrected chi connectivity index (χ4v) is 4.96. The number of nitrogens with zero attached hydrogens (tertiary/aromatic N) is 1. The molecule has 0 bridgehead atoms. The van der Waals surface area contributed by atoms with Gasteiger partial charge in [0.05, 0.1) is 21.7 Å². The molecule has 2 N–H and O–H groups in total. The molecular formula is C16H20N2O4S2. The van der Waals surface area contributed by atoms with Gasteiger partial charge >= 0.3 is 0 Å². The zero-order valence-corrected chi connectivity index (χ0v) is 15.3. The summed E-state index contributed by atoms with van der Waals surface area (Å²) in [5.41, 5.74) is 6.47. The first-order valence-electron chi connectivity index (χ1n) is 7.23. The first-order valence-corrected chi connectivity index (χ1v) is 10.6. The number of sulfone groups is 1. The van der Waals surface area contributed by atoms with Crippen LogP contribution >= 0.6 is 0 Å². The summed E-state index contributed by atoms with van der Waals surface area (Å²) < 4.78 is 50.2. The van der Waals surface area contributed by atoms with Crippen molar-refractivity contribution < 1.29 is 16.8 Å². The fraction of sp³-hybridized carbons (Fsp3) is 0.250. The summed E-state index contributed by atoms with van der Waals surface area (Å²) in [6, 6.07) is 11.4. The summed E-state index contributed by atoms with van der Waals surface area (Å²) in [4.78, 5) is 0.224. The van der Waals surface area contributed by atoms with Crippen LogP contribution < -0.4 is 10.0 Å². The minimum atomic E-state index is -3.68. The summed E-state index contributed by atoms with van der Waals surface area (Å²) in [6.07, 6.45) is 1.12. The summed E-state index contributed by atoms with van der Waals surface area (Å²) in [5.74, 6) is 0. The Kier molecular flexibility index (Phi) is 4.91. The predicted octanol–water partition coefficient (Wildman–Crippen LogP) is 2.28. The van der Waals surface area contributed by atoms with Crippen LogP contribution in [-0.2, 0) is 19.9 Å². The molecule has 24 heavy (non-hydrogen) atoms. The Morgan fingerprint density at radius 1 is 0.833 bits per heavy atom. The van der Waals surface area contributed by atoms with Crippen molar-refractivity contribution in [1.29, 1.82) is 0 Å². The van der Waals surface area contributed by atoms with Gasteiger partial charge in [-0.05, 0) is 62.4 Å². The van der Waals surface area contributed by atoms with Crippen molar-refractivity contribution in [3.8, 4) is 0 Å². The van der Waals surface area contributed by atoms with Crippen molar-refractivity contribution in [3.05, 3.63) is 48.5 Å². The van der Waals surface area contributed by atoms with Gasteiger partial charge in [-0.3, -0.25) is 4.31 Å². The molecule has 2 aromatic rings.